The number of ether oxygens (including phenoxy) is 2. The summed E-state index contributed by atoms with van der Waals surface area (Å²) in [5.74, 6) is 0.531. The summed E-state index contributed by atoms with van der Waals surface area (Å²) in [7, 11) is 0. The zero-order valence-electron chi connectivity index (χ0n) is 12.4. The molecule has 20 heavy (non-hydrogen) atoms. The minimum atomic E-state index is -0.816. The second-order valence-corrected chi connectivity index (χ2v) is 6.40. The molecule has 0 amide bonds. The fourth-order valence-corrected chi connectivity index (χ4v) is 2.66. The molecule has 108 valence electrons. The van der Waals surface area contributed by atoms with E-state index in [1.54, 1.807) is 6.92 Å². The summed E-state index contributed by atoms with van der Waals surface area (Å²) < 4.78 is 11.6. The van der Waals surface area contributed by atoms with E-state index >= 15 is 0 Å². The van der Waals surface area contributed by atoms with Crippen LogP contribution in [-0.4, -0.2) is 34.9 Å². The van der Waals surface area contributed by atoms with Crippen molar-refractivity contribution in [3.63, 3.8) is 0 Å². The molecule has 1 saturated heterocycles. The van der Waals surface area contributed by atoms with E-state index in [2.05, 4.69) is 4.99 Å². The van der Waals surface area contributed by atoms with Crippen LogP contribution in [0.3, 0.4) is 0 Å². The number of benzene rings is 1. The monoisotopic (exact) mass is 275 g/mol. The number of aliphatic imine (C=N–C) groups is 1. The van der Waals surface area contributed by atoms with Crippen LogP contribution in [0.2, 0.25) is 0 Å². The summed E-state index contributed by atoms with van der Waals surface area (Å²) in [6.07, 6.45) is -0.850. The van der Waals surface area contributed by atoms with Gasteiger partial charge in [-0.05, 0) is 33.3 Å². The molecule has 0 aromatic heterocycles. The molecule has 0 spiro atoms. The lowest BCUT2D eigenvalue weighted by Gasteiger charge is -2.15. The average molecular weight is 275 g/mol. The second kappa shape index (κ2) is 4.30. The Hall–Kier alpha value is -1.39. The first-order valence-electron chi connectivity index (χ1n) is 7.01. The summed E-state index contributed by atoms with van der Waals surface area (Å²) in [4.78, 5) is 4.58. The molecule has 0 saturated carbocycles. The predicted octanol–water partition coefficient (Wildman–Crippen LogP) is 2.39. The zero-order chi connectivity index (χ0) is 14.5. The minimum absolute atomic E-state index is 0.184. The Bertz CT molecular complexity index is 547. The molecular weight excluding hydrogens is 254 g/mol. The van der Waals surface area contributed by atoms with Gasteiger partial charge in [0.05, 0.1) is 11.6 Å². The van der Waals surface area contributed by atoms with Gasteiger partial charge in [-0.2, -0.15) is 0 Å². The Labute approximate surface area is 119 Å². The molecular formula is C16H21NO3. The average Bonchev–Trinajstić information content (AvgIpc) is 3.03. The number of aryl methyl sites for hydroxylation is 1. The molecule has 1 N–H and O–H groups in total. The molecule has 3 atom stereocenters. The van der Waals surface area contributed by atoms with Crippen LogP contribution in [-0.2, 0) is 9.47 Å². The van der Waals surface area contributed by atoms with Crippen molar-refractivity contribution in [3.05, 3.63) is 35.4 Å². The molecule has 0 aliphatic carbocycles. The number of aliphatic hydroxyl groups excluding tert-OH is 1. The predicted molar refractivity (Wildman–Crippen MR) is 76.9 cm³/mol. The molecule has 0 radical (unpaired) electrons. The molecule has 2 heterocycles. The Morgan fingerprint density at radius 1 is 1.30 bits per heavy atom. The van der Waals surface area contributed by atoms with Gasteiger partial charge in [-0.1, -0.05) is 29.8 Å². The number of hydrogen-bond acceptors (Lipinski definition) is 4. The first kappa shape index (κ1) is 13.6. The van der Waals surface area contributed by atoms with E-state index in [4.69, 9.17) is 9.47 Å². The molecule has 1 fully saturated rings. The van der Waals surface area contributed by atoms with Crippen molar-refractivity contribution in [2.24, 2.45) is 4.99 Å². The fraction of sp³-hybridized carbons (Fsp3) is 0.562. The molecule has 4 heteroatoms. The van der Waals surface area contributed by atoms with E-state index in [1.165, 1.54) is 5.56 Å². The molecule has 0 bridgehead atoms. The lowest BCUT2D eigenvalue weighted by atomic mass is 9.94. The highest BCUT2D eigenvalue weighted by Crippen LogP contribution is 2.54. The number of aliphatic hydroxyl groups is 1. The van der Waals surface area contributed by atoms with Crippen LogP contribution in [0.4, 0.5) is 0 Å². The summed E-state index contributed by atoms with van der Waals surface area (Å²) >= 11 is 0. The standard InChI is InChI=1S/C16H21NO3/c1-10-5-7-12(8-6-10)13-16(20-13,11(2)18)14-17-15(3,4)9-19-14/h5-8,11,13,18H,9H2,1-4H3/t11-,13-,16-/m0/s1. The smallest absolute Gasteiger partial charge is 0.223 e. The third-order valence-corrected chi connectivity index (χ3v) is 3.95. The Kier molecular flexibility index (Phi) is 2.92. The summed E-state index contributed by atoms with van der Waals surface area (Å²) in [6.45, 7) is 8.33. The maximum atomic E-state index is 10.2. The zero-order valence-corrected chi connectivity index (χ0v) is 12.4. The molecule has 3 rings (SSSR count). The third-order valence-electron chi connectivity index (χ3n) is 3.95. The first-order valence-corrected chi connectivity index (χ1v) is 7.01. The summed E-state index contributed by atoms with van der Waals surface area (Å²) in [5.41, 5.74) is 1.18. The third kappa shape index (κ3) is 2.03. The molecule has 1 aromatic carbocycles. The Morgan fingerprint density at radius 2 is 1.95 bits per heavy atom. The highest BCUT2D eigenvalue weighted by molar-refractivity contribution is 5.91. The molecule has 2 aliphatic rings. The van der Waals surface area contributed by atoms with E-state index in [0.717, 1.165) is 5.56 Å². The van der Waals surface area contributed by atoms with Crippen molar-refractivity contribution in [2.45, 2.75) is 51.0 Å². The van der Waals surface area contributed by atoms with Crippen LogP contribution >= 0.6 is 0 Å². The maximum absolute atomic E-state index is 10.2. The fourth-order valence-electron chi connectivity index (χ4n) is 2.66. The highest BCUT2D eigenvalue weighted by Gasteiger charge is 2.67. The van der Waals surface area contributed by atoms with Crippen LogP contribution in [0, 0.1) is 6.92 Å². The van der Waals surface area contributed by atoms with Gasteiger partial charge in [0.1, 0.15) is 12.7 Å². The van der Waals surface area contributed by atoms with E-state index in [-0.39, 0.29) is 11.6 Å². The van der Waals surface area contributed by atoms with E-state index in [1.807, 2.05) is 45.0 Å². The van der Waals surface area contributed by atoms with E-state index in [9.17, 15) is 5.11 Å². The van der Waals surface area contributed by atoms with E-state index < -0.39 is 11.7 Å². The number of hydrogen-bond donors (Lipinski definition) is 1. The van der Waals surface area contributed by atoms with Crippen molar-refractivity contribution in [3.8, 4) is 0 Å². The number of rotatable bonds is 3. The molecule has 4 nitrogen and oxygen atoms in total. The Balaban J connectivity index is 1.92. The van der Waals surface area contributed by atoms with Crippen LogP contribution < -0.4 is 0 Å². The first-order chi connectivity index (χ1) is 9.35. The van der Waals surface area contributed by atoms with Gasteiger partial charge in [-0.3, -0.25) is 0 Å². The van der Waals surface area contributed by atoms with Gasteiger partial charge >= 0.3 is 0 Å². The van der Waals surface area contributed by atoms with Crippen molar-refractivity contribution < 1.29 is 14.6 Å². The molecule has 0 unspecified atom stereocenters. The number of nitrogens with zero attached hydrogens (tertiary/aromatic N) is 1. The highest BCUT2D eigenvalue weighted by atomic mass is 16.7. The van der Waals surface area contributed by atoms with Crippen molar-refractivity contribution >= 4 is 5.90 Å². The lowest BCUT2D eigenvalue weighted by Crippen LogP contribution is -2.37. The summed E-state index contributed by atoms with van der Waals surface area (Å²) in [6, 6.07) is 8.16. The molecule has 2 aliphatic heterocycles. The van der Waals surface area contributed by atoms with Gasteiger partial charge in [-0.25, -0.2) is 4.99 Å². The maximum Gasteiger partial charge on any atom is 0.223 e. The number of epoxide rings is 1. The molecule has 1 aromatic rings. The van der Waals surface area contributed by atoms with Gasteiger partial charge in [0, 0.05) is 0 Å². The quantitative estimate of drug-likeness (QED) is 0.862. The van der Waals surface area contributed by atoms with Gasteiger partial charge in [0.25, 0.3) is 0 Å². The van der Waals surface area contributed by atoms with Gasteiger partial charge in [0.2, 0.25) is 5.90 Å². The van der Waals surface area contributed by atoms with E-state index in [0.29, 0.717) is 12.5 Å². The summed E-state index contributed by atoms with van der Waals surface area (Å²) in [5, 5.41) is 10.2. The SMILES string of the molecule is Cc1ccc([C@@H]2O[C@@]2(C2=NC(C)(C)CO2)[C@H](C)O)cc1. The van der Waals surface area contributed by atoms with Crippen LogP contribution in [0.1, 0.15) is 38.0 Å². The van der Waals surface area contributed by atoms with Crippen molar-refractivity contribution in [1.29, 1.82) is 0 Å². The second-order valence-electron chi connectivity index (χ2n) is 6.40. The lowest BCUT2D eigenvalue weighted by molar-refractivity contribution is 0.110. The van der Waals surface area contributed by atoms with Crippen molar-refractivity contribution in [1.82, 2.24) is 0 Å². The van der Waals surface area contributed by atoms with Gasteiger partial charge < -0.3 is 14.6 Å². The minimum Gasteiger partial charge on any atom is -0.476 e. The van der Waals surface area contributed by atoms with Crippen LogP contribution in [0.15, 0.2) is 29.3 Å². The van der Waals surface area contributed by atoms with Gasteiger partial charge in [-0.15, -0.1) is 0 Å². The topological polar surface area (TPSA) is 54.4 Å². The van der Waals surface area contributed by atoms with Crippen molar-refractivity contribution in [2.75, 3.05) is 6.61 Å². The van der Waals surface area contributed by atoms with Crippen LogP contribution in [0.25, 0.3) is 0 Å². The van der Waals surface area contributed by atoms with Gasteiger partial charge in [0.15, 0.2) is 5.60 Å². The Morgan fingerprint density at radius 3 is 2.45 bits per heavy atom. The largest absolute Gasteiger partial charge is 0.476 e. The van der Waals surface area contributed by atoms with Crippen LogP contribution in [0.5, 0.6) is 0 Å². The normalized spacial score (nSPS) is 32.5.